The Bertz CT molecular complexity index is 425. The number of allylic oxidation sites excluding steroid dienone is 4. The third kappa shape index (κ3) is 11.2. The number of carboxylic acids is 1. The van der Waals surface area contributed by atoms with E-state index >= 15 is 0 Å². The van der Waals surface area contributed by atoms with Gasteiger partial charge in [-0.3, -0.25) is 0 Å². The molecule has 3 atom stereocenters. The van der Waals surface area contributed by atoms with Gasteiger partial charge >= 0.3 is 5.97 Å². The summed E-state index contributed by atoms with van der Waals surface area (Å²) in [7, 11) is 0. The van der Waals surface area contributed by atoms with Crippen LogP contribution >= 0.6 is 0 Å². The molecular formula is C20H32O4. The molecule has 1 aliphatic rings. The van der Waals surface area contributed by atoms with Crippen molar-refractivity contribution in [3.05, 3.63) is 36.5 Å². The van der Waals surface area contributed by atoms with Gasteiger partial charge in [0.2, 0.25) is 0 Å². The molecule has 0 bridgehead atoms. The fourth-order valence-electron chi connectivity index (χ4n) is 2.68. The van der Waals surface area contributed by atoms with Gasteiger partial charge < -0.3 is 14.9 Å². The smallest absolute Gasteiger partial charge is 0.328 e. The summed E-state index contributed by atoms with van der Waals surface area (Å²) in [4.78, 5) is 10.3. The minimum atomic E-state index is -0.954. The van der Waals surface area contributed by atoms with Crippen molar-refractivity contribution in [2.75, 3.05) is 0 Å². The lowest BCUT2D eigenvalue weighted by atomic mass is 10.0. The number of unbranched alkanes of at least 4 members (excludes halogenated alkanes) is 6. The van der Waals surface area contributed by atoms with Crippen LogP contribution in [0.5, 0.6) is 0 Å². The quantitative estimate of drug-likeness (QED) is 0.213. The van der Waals surface area contributed by atoms with Gasteiger partial charge in [-0.1, -0.05) is 82.2 Å². The molecule has 0 aromatic carbocycles. The maximum Gasteiger partial charge on any atom is 0.328 e. The molecule has 1 aliphatic heterocycles. The predicted molar refractivity (Wildman–Crippen MR) is 97.0 cm³/mol. The van der Waals surface area contributed by atoms with E-state index in [1.807, 2.05) is 12.2 Å². The number of ether oxygens (including phenoxy) is 1. The van der Waals surface area contributed by atoms with E-state index in [9.17, 15) is 9.90 Å². The number of carboxylic acid groups (broad SMARTS) is 1. The van der Waals surface area contributed by atoms with Gasteiger partial charge in [0.05, 0.1) is 12.2 Å². The molecule has 1 rings (SSSR count). The minimum absolute atomic E-state index is 0.0850. The van der Waals surface area contributed by atoms with Crippen LogP contribution in [0, 0.1) is 0 Å². The predicted octanol–water partition coefficient (Wildman–Crippen LogP) is 4.40. The molecule has 1 heterocycles. The summed E-state index contributed by atoms with van der Waals surface area (Å²) < 4.78 is 5.51. The Labute approximate surface area is 145 Å². The Hall–Kier alpha value is -1.39. The molecule has 24 heavy (non-hydrogen) atoms. The Morgan fingerprint density at radius 1 is 1.04 bits per heavy atom. The van der Waals surface area contributed by atoms with Crippen LogP contribution in [-0.4, -0.2) is 34.5 Å². The van der Waals surface area contributed by atoms with Gasteiger partial charge in [0.1, 0.15) is 6.10 Å². The number of epoxide rings is 1. The molecule has 0 aromatic heterocycles. The summed E-state index contributed by atoms with van der Waals surface area (Å²) >= 11 is 0. The maximum absolute atomic E-state index is 10.3. The van der Waals surface area contributed by atoms with Crippen molar-refractivity contribution in [1.29, 1.82) is 0 Å². The number of hydrogen-bond acceptors (Lipinski definition) is 3. The normalized spacial score (nSPS) is 21.9. The molecular weight excluding hydrogens is 304 g/mol. The SMILES string of the molecule is CCCCCCCCCC(O)CC1OC1/C=C/C=C/C=C/C(=O)O. The lowest BCUT2D eigenvalue weighted by Crippen LogP contribution is -2.10. The number of aliphatic hydroxyl groups is 1. The van der Waals surface area contributed by atoms with Crippen LogP contribution in [0.3, 0.4) is 0 Å². The molecule has 4 heteroatoms. The van der Waals surface area contributed by atoms with Crippen LogP contribution in [0.15, 0.2) is 36.5 Å². The van der Waals surface area contributed by atoms with E-state index in [1.165, 1.54) is 44.6 Å². The van der Waals surface area contributed by atoms with Crippen molar-refractivity contribution in [2.24, 2.45) is 0 Å². The van der Waals surface area contributed by atoms with E-state index in [0.717, 1.165) is 18.9 Å². The molecule has 2 N–H and O–H groups in total. The Balaban J connectivity index is 2.01. The molecule has 1 fully saturated rings. The van der Waals surface area contributed by atoms with E-state index in [1.54, 1.807) is 12.2 Å². The zero-order valence-electron chi connectivity index (χ0n) is 14.8. The van der Waals surface area contributed by atoms with Crippen molar-refractivity contribution < 1.29 is 19.7 Å². The highest BCUT2D eigenvalue weighted by Crippen LogP contribution is 2.29. The molecule has 0 radical (unpaired) electrons. The van der Waals surface area contributed by atoms with Crippen LogP contribution in [-0.2, 0) is 9.53 Å². The Morgan fingerprint density at radius 3 is 2.42 bits per heavy atom. The summed E-state index contributed by atoms with van der Waals surface area (Å²) in [6.07, 6.45) is 20.2. The lowest BCUT2D eigenvalue weighted by Gasteiger charge is -2.08. The first-order chi connectivity index (χ1) is 11.6. The van der Waals surface area contributed by atoms with Crippen molar-refractivity contribution in [1.82, 2.24) is 0 Å². The Kier molecular flexibility index (Phi) is 11.2. The molecule has 0 amide bonds. The highest BCUT2D eigenvalue weighted by Gasteiger charge is 2.37. The Morgan fingerprint density at radius 2 is 1.71 bits per heavy atom. The van der Waals surface area contributed by atoms with E-state index in [4.69, 9.17) is 9.84 Å². The van der Waals surface area contributed by atoms with E-state index in [0.29, 0.717) is 6.42 Å². The summed E-state index contributed by atoms with van der Waals surface area (Å²) in [5, 5.41) is 18.5. The summed E-state index contributed by atoms with van der Waals surface area (Å²) in [6, 6.07) is 0. The first-order valence-corrected chi connectivity index (χ1v) is 9.21. The summed E-state index contributed by atoms with van der Waals surface area (Å²) in [5.41, 5.74) is 0. The first kappa shape index (κ1) is 20.7. The number of aliphatic carboxylic acids is 1. The standard InChI is InChI=1S/C20H32O4/c1-2-3-4-5-6-7-10-13-17(21)16-19-18(24-19)14-11-8-9-12-15-20(22)23/h8-9,11-12,14-15,17-19,21H,2-7,10,13,16H2,1H3,(H,22,23)/b9-8+,14-11+,15-12+. The third-order valence-corrected chi connectivity index (χ3v) is 4.14. The van der Waals surface area contributed by atoms with Gasteiger partial charge in [-0.15, -0.1) is 0 Å². The fraction of sp³-hybridized carbons (Fsp3) is 0.650. The van der Waals surface area contributed by atoms with Gasteiger partial charge in [-0.2, -0.15) is 0 Å². The summed E-state index contributed by atoms with van der Waals surface area (Å²) in [5.74, 6) is -0.954. The van der Waals surface area contributed by atoms with Crippen LogP contribution in [0.2, 0.25) is 0 Å². The molecule has 0 aromatic rings. The van der Waals surface area contributed by atoms with Gasteiger partial charge in [0, 0.05) is 12.5 Å². The van der Waals surface area contributed by atoms with Gasteiger partial charge in [-0.05, 0) is 6.42 Å². The van der Waals surface area contributed by atoms with Crippen LogP contribution in [0.4, 0.5) is 0 Å². The average molecular weight is 336 g/mol. The zero-order valence-corrected chi connectivity index (χ0v) is 14.8. The molecule has 0 saturated carbocycles. The number of rotatable bonds is 14. The van der Waals surface area contributed by atoms with Crippen molar-refractivity contribution in [2.45, 2.75) is 83.0 Å². The second kappa shape index (κ2) is 13.0. The van der Waals surface area contributed by atoms with Crippen molar-refractivity contribution in [3.8, 4) is 0 Å². The van der Waals surface area contributed by atoms with Crippen LogP contribution < -0.4 is 0 Å². The second-order valence-corrected chi connectivity index (χ2v) is 6.41. The van der Waals surface area contributed by atoms with Crippen LogP contribution in [0.25, 0.3) is 0 Å². The highest BCUT2D eigenvalue weighted by molar-refractivity contribution is 5.80. The van der Waals surface area contributed by atoms with Gasteiger partial charge in [-0.25, -0.2) is 4.79 Å². The molecule has 0 aliphatic carbocycles. The van der Waals surface area contributed by atoms with Gasteiger partial charge in [0.25, 0.3) is 0 Å². The van der Waals surface area contributed by atoms with Crippen molar-refractivity contribution in [3.63, 3.8) is 0 Å². The lowest BCUT2D eigenvalue weighted by molar-refractivity contribution is -0.131. The number of hydrogen-bond donors (Lipinski definition) is 2. The highest BCUT2D eigenvalue weighted by atomic mass is 16.6. The molecule has 0 spiro atoms. The van der Waals surface area contributed by atoms with Gasteiger partial charge in [0.15, 0.2) is 0 Å². The zero-order chi connectivity index (χ0) is 17.6. The topological polar surface area (TPSA) is 70.1 Å². The summed E-state index contributed by atoms with van der Waals surface area (Å²) in [6.45, 7) is 2.23. The van der Waals surface area contributed by atoms with E-state index in [2.05, 4.69) is 6.92 Å². The minimum Gasteiger partial charge on any atom is -0.478 e. The maximum atomic E-state index is 10.3. The second-order valence-electron chi connectivity index (χ2n) is 6.41. The largest absolute Gasteiger partial charge is 0.478 e. The number of carbonyl (C=O) groups is 1. The van der Waals surface area contributed by atoms with E-state index < -0.39 is 5.97 Å². The molecule has 4 nitrogen and oxygen atoms in total. The van der Waals surface area contributed by atoms with Crippen molar-refractivity contribution >= 4 is 5.97 Å². The molecule has 1 saturated heterocycles. The van der Waals surface area contributed by atoms with Crippen LogP contribution in [0.1, 0.15) is 64.7 Å². The molecule has 3 unspecified atom stereocenters. The average Bonchev–Trinajstić information content (AvgIpc) is 3.27. The van der Waals surface area contributed by atoms with E-state index in [-0.39, 0.29) is 18.3 Å². The fourth-order valence-corrected chi connectivity index (χ4v) is 2.68. The number of aliphatic hydroxyl groups excluding tert-OH is 1. The first-order valence-electron chi connectivity index (χ1n) is 9.21. The third-order valence-electron chi connectivity index (χ3n) is 4.14. The monoisotopic (exact) mass is 336 g/mol. The molecule has 136 valence electrons.